The van der Waals surface area contributed by atoms with Crippen LogP contribution < -0.4 is 5.32 Å². The van der Waals surface area contributed by atoms with Crippen molar-refractivity contribution >= 4 is 23.3 Å². The summed E-state index contributed by atoms with van der Waals surface area (Å²) in [5, 5.41) is 14.8. The van der Waals surface area contributed by atoms with Crippen LogP contribution in [0.4, 0.5) is 5.82 Å². The SMILES string of the molecule is CCCc1cc(NC(=O)c2csnn2)n[nH]1. The first-order chi connectivity index (χ1) is 7.79. The standard InChI is InChI=1S/C9H11N5OS/c1-2-3-6-4-8(13-11-6)10-9(15)7-5-16-14-12-7/h4-5H,2-3H2,1H3,(H2,10,11,13,15). The lowest BCUT2D eigenvalue weighted by atomic mass is 10.2. The van der Waals surface area contributed by atoms with Crippen LogP contribution >= 0.6 is 11.5 Å². The second-order valence-corrected chi connectivity index (χ2v) is 3.88. The predicted molar refractivity (Wildman–Crippen MR) is 60.4 cm³/mol. The molecule has 2 aromatic heterocycles. The van der Waals surface area contributed by atoms with E-state index in [9.17, 15) is 4.79 Å². The van der Waals surface area contributed by atoms with Gasteiger partial charge in [0, 0.05) is 17.1 Å². The van der Waals surface area contributed by atoms with Crippen LogP contribution in [0.1, 0.15) is 29.5 Å². The van der Waals surface area contributed by atoms with E-state index >= 15 is 0 Å². The Morgan fingerprint density at radius 3 is 3.19 bits per heavy atom. The molecule has 0 atom stereocenters. The van der Waals surface area contributed by atoms with Gasteiger partial charge in [-0.05, 0) is 18.0 Å². The molecule has 1 amide bonds. The van der Waals surface area contributed by atoms with Gasteiger partial charge in [-0.3, -0.25) is 9.89 Å². The lowest BCUT2D eigenvalue weighted by Gasteiger charge is -1.95. The normalized spacial score (nSPS) is 10.3. The van der Waals surface area contributed by atoms with Gasteiger partial charge >= 0.3 is 0 Å². The molecule has 0 radical (unpaired) electrons. The Balaban J connectivity index is 2.01. The topological polar surface area (TPSA) is 83.6 Å². The molecular weight excluding hydrogens is 226 g/mol. The molecule has 0 fully saturated rings. The molecule has 0 unspecified atom stereocenters. The Bertz CT molecular complexity index is 464. The molecule has 84 valence electrons. The molecule has 6 nitrogen and oxygen atoms in total. The summed E-state index contributed by atoms with van der Waals surface area (Å²) in [6.45, 7) is 2.08. The van der Waals surface area contributed by atoms with Crippen LogP contribution in [0, 0.1) is 0 Å². The van der Waals surface area contributed by atoms with Crippen LogP contribution in [0.2, 0.25) is 0 Å². The average molecular weight is 237 g/mol. The van der Waals surface area contributed by atoms with Gasteiger partial charge in [-0.15, -0.1) is 5.10 Å². The van der Waals surface area contributed by atoms with Crippen molar-refractivity contribution in [2.75, 3.05) is 5.32 Å². The number of amides is 1. The molecule has 0 saturated carbocycles. The van der Waals surface area contributed by atoms with Crippen LogP contribution in [-0.2, 0) is 6.42 Å². The minimum atomic E-state index is -0.289. The summed E-state index contributed by atoms with van der Waals surface area (Å²) < 4.78 is 3.62. The minimum Gasteiger partial charge on any atom is -0.304 e. The van der Waals surface area contributed by atoms with Gasteiger partial charge in [-0.25, -0.2) is 0 Å². The Labute approximate surface area is 96.2 Å². The van der Waals surface area contributed by atoms with Gasteiger partial charge in [0.25, 0.3) is 5.91 Å². The van der Waals surface area contributed by atoms with Gasteiger partial charge in [0.05, 0.1) is 0 Å². The molecule has 0 aliphatic rings. The Morgan fingerprint density at radius 1 is 1.62 bits per heavy atom. The molecular formula is C9H11N5OS. The van der Waals surface area contributed by atoms with Crippen molar-refractivity contribution in [2.45, 2.75) is 19.8 Å². The van der Waals surface area contributed by atoms with E-state index in [0.717, 1.165) is 30.1 Å². The highest BCUT2D eigenvalue weighted by Crippen LogP contribution is 2.08. The molecule has 2 heterocycles. The zero-order valence-electron chi connectivity index (χ0n) is 8.73. The highest BCUT2D eigenvalue weighted by atomic mass is 32.1. The van der Waals surface area contributed by atoms with Crippen LogP contribution in [0.5, 0.6) is 0 Å². The molecule has 2 rings (SSSR count). The number of carbonyl (C=O) groups is 1. The van der Waals surface area contributed by atoms with E-state index in [1.54, 1.807) is 5.38 Å². The second kappa shape index (κ2) is 4.84. The fourth-order valence-corrected chi connectivity index (χ4v) is 1.70. The van der Waals surface area contributed by atoms with Gasteiger partial charge in [0.2, 0.25) is 0 Å². The van der Waals surface area contributed by atoms with Crippen molar-refractivity contribution in [3.63, 3.8) is 0 Å². The van der Waals surface area contributed by atoms with Gasteiger partial charge in [0.15, 0.2) is 11.5 Å². The van der Waals surface area contributed by atoms with Gasteiger partial charge in [-0.2, -0.15) is 5.10 Å². The molecule has 0 spiro atoms. The van der Waals surface area contributed by atoms with E-state index in [0.29, 0.717) is 11.5 Å². The van der Waals surface area contributed by atoms with E-state index in [1.807, 2.05) is 6.07 Å². The molecule has 2 aromatic rings. The Kier molecular flexibility index (Phi) is 3.25. The summed E-state index contributed by atoms with van der Waals surface area (Å²) in [6.07, 6.45) is 1.95. The molecule has 0 aliphatic carbocycles. The average Bonchev–Trinajstić information content (AvgIpc) is 2.89. The zero-order chi connectivity index (χ0) is 11.4. The molecule has 0 aliphatic heterocycles. The van der Waals surface area contributed by atoms with Gasteiger partial charge in [-0.1, -0.05) is 17.8 Å². The summed E-state index contributed by atoms with van der Waals surface area (Å²) in [6, 6.07) is 1.82. The van der Waals surface area contributed by atoms with Crippen LogP contribution in [0.15, 0.2) is 11.4 Å². The predicted octanol–water partition coefficient (Wildman–Crippen LogP) is 1.47. The van der Waals surface area contributed by atoms with E-state index < -0.39 is 0 Å². The maximum absolute atomic E-state index is 11.6. The van der Waals surface area contributed by atoms with Gasteiger partial charge < -0.3 is 5.32 Å². The quantitative estimate of drug-likeness (QED) is 0.843. The lowest BCUT2D eigenvalue weighted by molar-refractivity contribution is 0.102. The number of carbonyl (C=O) groups excluding carboxylic acids is 1. The fraction of sp³-hybridized carbons (Fsp3) is 0.333. The molecule has 0 saturated heterocycles. The third-order valence-corrected chi connectivity index (χ3v) is 2.49. The number of anilines is 1. The number of rotatable bonds is 4. The molecule has 2 N–H and O–H groups in total. The molecule has 0 bridgehead atoms. The Hall–Kier alpha value is -1.76. The first-order valence-corrected chi connectivity index (χ1v) is 5.76. The van der Waals surface area contributed by atoms with Gasteiger partial charge in [0.1, 0.15) is 0 Å². The third-order valence-electron chi connectivity index (χ3n) is 1.98. The Morgan fingerprint density at radius 2 is 2.50 bits per heavy atom. The summed E-state index contributed by atoms with van der Waals surface area (Å²) in [4.78, 5) is 11.6. The van der Waals surface area contributed by atoms with Crippen molar-refractivity contribution in [1.29, 1.82) is 0 Å². The lowest BCUT2D eigenvalue weighted by Crippen LogP contribution is -2.12. The van der Waals surface area contributed by atoms with Crippen molar-refractivity contribution in [1.82, 2.24) is 19.8 Å². The van der Waals surface area contributed by atoms with Crippen molar-refractivity contribution < 1.29 is 4.79 Å². The van der Waals surface area contributed by atoms with E-state index in [4.69, 9.17) is 0 Å². The van der Waals surface area contributed by atoms with Crippen LogP contribution in [0.3, 0.4) is 0 Å². The number of aromatic amines is 1. The summed E-state index contributed by atoms with van der Waals surface area (Å²) in [5.41, 5.74) is 1.32. The first-order valence-electron chi connectivity index (χ1n) is 4.92. The largest absolute Gasteiger partial charge is 0.304 e. The number of nitrogens with one attached hydrogen (secondary N) is 2. The van der Waals surface area contributed by atoms with E-state index in [2.05, 4.69) is 32.0 Å². The highest BCUT2D eigenvalue weighted by Gasteiger charge is 2.10. The number of aryl methyl sites for hydroxylation is 1. The number of hydrogen-bond acceptors (Lipinski definition) is 5. The van der Waals surface area contributed by atoms with Crippen molar-refractivity contribution in [3.05, 3.63) is 22.8 Å². The third kappa shape index (κ3) is 2.43. The van der Waals surface area contributed by atoms with Crippen molar-refractivity contribution in [3.8, 4) is 0 Å². The fourth-order valence-electron chi connectivity index (χ4n) is 1.27. The van der Waals surface area contributed by atoms with Crippen LogP contribution in [-0.4, -0.2) is 25.7 Å². The summed E-state index contributed by atoms with van der Waals surface area (Å²) in [5.74, 6) is 0.227. The molecule has 7 heteroatoms. The number of aromatic nitrogens is 4. The van der Waals surface area contributed by atoms with Crippen LogP contribution in [0.25, 0.3) is 0 Å². The minimum absolute atomic E-state index is 0.289. The highest BCUT2D eigenvalue weighted by molar-refractivity contribution is 7.03. The second-order valence-electron chi connectivity index (χ2n) is 3.27. The van der Waals surface area contributed by atoms with E-state index in [1.165, 1.54) is 0 Å². The maximum atomic E-state index is 11.6. The molecule has 0 aromatic carbocycles. The first kappa shape index (κ1) is 10.7. The smallest absolute Gasteiger partial charge is 0.278 e. The zero-order valence-corrected chi connectivity index (χ0v) is 9.54. The number of nitrogens with zero attached hydrogens (tertiary/aromatic N) is 3. The summed E-state index contributed by atoms with van der Waals surface area (Å²) >= 11 is 1.14. The number of hydrogen-bond donors (Lipinski definition) is 2. The maximum Gasteiger partial charge on any atom is 0.278 e. The van der Waals surface area contributed by atoms with E-state index in [-0.39, 0.29) is 5.91 Å². The summed E-state index contributed by atoms with van der Waals surface area (Å²) in [7, 11) is 0. The van der Waals surface area contributed by atoms with Crippen molar-refractivity contribution in [2.24, 2.45) is 0 Å². The monoisotopic (exact) mass is 237 g/mol. The number of H-pyrrole nitrogens is 1. The molecule has 16 heavy (non-hydrogen) atoms.